The molecule has 96 valence electrons. The molecule has 0 unspecified atom stereocenters. The molecule has 1 heterocycles. The third-order valence-electron chi connectivity index (χ3n) is 2.53. The van der Waals surface area contributed by atoms with Crippen molar-refractivity contribution >= 4 is 22.4 Å². The van der Waals surface area contributed by atoms with Crippen molar-refractivity contribution in [1.82, 2.24) is 9.62 Å². The molecule has 1 aromatic rings. The largest absolute Gasteiger partial charge is 0.314 e. The number of rotatable bonds is 2. The van der Waals surface area contributed by atoms with Crippen molar-refractivity contribution in [2.45, 2.75) is 4.90 Å². The van der Waals surface area contributed by atoms with E-state index >= 15 is 0 Å². The Hall–Kier alpha value is -0.690. The van der Waals surface area contributed by atoms with Gasteiger partial charge in [-0.1, -0.05) is 12.1 Å². The highest BCUT2D eigenvalue weighted by molar-refractivity contribution is 7.89. The van der Waals surface area contributed by atoms with Crippen LogP contribution < -0.4 is 5.32 Å². The van der Waals surface area contributed by atoms with Gasteiger partial charge in [0.25, 0.3) is 0 Å². The van der Waals surface area contributed by atoms with Crippen LogP contribution in [0.4, 0.5) is 4.39 Å². The van der Waals surface area contributed by atoms with Gasteiger partial charge in [0.2, 0.25) is 10.0 Å². The molecule has 1 N–H and O–H groups in total. The smallest absolute Gasteiger partial charge is 0.246 e. The minimum absolute atomic E-state index is 0. The van der Waals surface area contributed by atoms with Crippen molar-refractivity contribution in [1.29, 1.82) is 0 Å². The van der Waals surface area contributed by atoms with Crippen molar-refractivity contribution in [2.24, 2.45) is 0 Å². The Morgan fingerprint density at radius 1 is 1.18 bits per heavy atom. The predicted octanol–water partition coefficient (Wildman–Crippen LogP) is 0.841. The molecule has 17 heavy (non-hydrogen) atoms. The van der Waals surface area contributed by atoms with Crippen LogP contribution in [0.1, 0.15) is 0 Å². The summed E-state index contributed by atoms with van der Waals surface area (Å²) in [5.41, 5.74) is 0. The van der Waals surface area contributed by atoms with Crippen LogP contribution in [0.5, 0.6) is 0 Å². The zero-order chi connectivity index (χ0) is 11.6. The monoisotopic (exact) mass is 280 g/mol. The van der Waals surface area contributed by atoms with Gasteiger partial charge in [-0.05, 0) is 12.1 Å². The van der Waals surface area contributed by atoms with Crippen LogP contribution in [0.15, 0.2) is 29.2 Å². The fourth-order valence-electron chi connectivity index (χ4n) is 1.68. The molecule has 7 heteroatoms. The van der Waals surface area contributed by atoms with Gasteiger partial charge in [-0.3, -0.25) is 0 Å². The zero-order valence-electron chi connectivity index (χ0n) is 9.10. The third-order valence-corrected chi connectivity index (χ3v) is 4.46. The molecular weight excluding hydrogens is 267 g/mol. The van der Waals surface area contributed by atoms with E-state index in [-0.39, 0.29) is 17.3 Å². The molecule has 0 atom stereocenters. The number of sulfonamides is 1. The quantitative estimate of drug-likeness (QED) is 0.873. The fourth-order valence-corrected chi connectivity index (χ4v) is 3.18. The van der Waals surface area contributed by atoms with Crippen molar-refractivity contribution in [3.63, 3.8) is 0 Å². The Balaban J connectivity index is 0.00000144. The summed E-state index contributed by atoms with van der Waals surface area (Å²) in [5.74, 6) is -0.693. The molecule has 1 aromatic carbocycles. The molecule has 0 saturated carbocycles. The second kappa shape index (κ2) is 5.77. The number of nitrogens with zero attached hydrogens (tertiary/aromatic N) is 1. The van der Waals surface area contributed by atoms with Gasteiger partial charge in [0, 0.05) is 26.2 Å². The molecule has 0 aromatic heterocycles. The van der Waals surface area contributed by atoms with Gasteiger partial charge in [0.15, 0.2) is 0 Å². The van der Waals surface area contributed by atoms with Gasteiger partial charge >= 0.3 is 0 Å². The van der Waals surface area contributed by atoms with Crippen LogP contribution in [0, 0.1) is 5.82 Å². The number of halogens is 2. The van der Waals surface area contributed by atoms with Crippen molar-refractivity contribution in [3.05, 3.63) is 30.1 Å². The highest BCUT2D eigenvalue weighted by Gasteiger charge is 2.27. The Bertz CT molecular complexity index is 475. The van der Waals surface area contributed by atoms with E-state index in [2.05, 4.69) is 5.32 Å². The molecule has 0 spiro atoms. The first-order valence-corrected chi connectivity index (χ1v) is 6.52. The van der Waals surface area contributed by atoms with Gasteiger partial charge < -0.3 is 5.32 Å². The van der Waals surface area contributed by atoms with Crippen LogP contribution in [0.3, 0.4) is 0 Å². The Kier molecular flexibility index (Phi) is 4.88. The van der Waals surface area contributed by atoms with Gasteiger partial charge in [-0.15, -0.1) is 12.4 Å². The summed E-state index contributed by atoms with van der Waals surface area (Å²) >= 11 is 0. The van der Waals surface area contributed by atoms with E-state index in [0.29, 0.717) is 26.2 Å². The molecule has 0 radical (unpaired) electrons. The van der Waals surface area contributed by atoms with Gasteiger partial charge in [0.05, 0.1) is 0 Å². The fraction of sp³-hybridized carbons (Fsp3) is 0.400. The summed E-state index contributed by atoms with van der Waals surface area (Å²) < 4.78 is 38.9. The van der Waals surface area contributed by atoms with E-state index in [4.69, 9.17) is 0 Å². The Morgan fingerprint density at radius 3 is 2.35 bits per heavy atom. The average Bonchev–Trinajstić information content (AvgIpc) is 2.30. The minimum Gasteiger partial charge on any atom is -0.314 e. The lowest BCUT2D eigenvalue weighted by Crippen LogP contribution is -2.46. The van der Waals surface area contributed by atoms with Crippen molar-refractivity contribution in [3.8, 4) is 0 Å². The van der Waals surface area contributed by atoms with E-state index < -0.39 is 15.8 Å². The summed E-state index contributed by atoms with van der Waals surface area (Å²) in [5, 5.41) is 3.05. The molecule has 0 bridgehead atoms. The summed E-state index contributed by atoms with van der Waals surface area (Å²) in [6.45, 7) is 1.98. The number of benzene rings is 1. The molecular formula is C10H14ClFN2O2S. The Labute approximate surface area is 106 Å². The molecule has 1 aliphatic rings. The van der Waals surface area contributed by atoms with Crippen LogP contribution in [-0.4, -0.2) is 38.9 Å². The lowest BCUT2D eigenvalue weighted by Gasteiger charge is -2.26. The molecule has 4 nitrogen and oxygen atoms in total. The highest BCUT2D eigenvalue weighted by atomic mass is 35.5. The van der Waals surface area contributed by atoms with Gasteiger partial charge in [-0.25, -0.2) is 12.8 Å². The second-order valence-electron chi connectivity index (χ2n) is 3.58. The minimum atomic E-state index is -3.67. The van der Waals surface area contributed by atoms with E-state index in [1.807, 2.05) is 0 Å². The first kappa shape index (κ1) is 14.4. The van der Waals surface area contributed by atoms with E-state index in [1.54, 1.807) is 0 Å². The maximum absolute atomic E-state index is 13.4. The molecule has 2 rings (SSSR count). The maximum atomic E-state index is 13.4. The van der Waals surface area contributed by atoms with Gasteiger partial charge in [-0.2, -0.15) is 4.31 Å². The predicted molar refractivity (Wildman–Crippen MR) is 65.3 cm³/mol. The lowest BCUT2D eigenvalue weighted by atomic mass is 10.3. The lowest BCUT2D eigenvalue weighted by molar-refractivity contribution is 0.358. The SMILES string of the molecule is Cl.O=S(=O)(c1ccccc1F)N1CCNCC1. The number of nitrogens with one attached hydrogen (secondary N) is 1. The number of hydrogen-bond donors (Lipinski definition) is 1. The summed E-state index contributed by atoms with van der Waals surface area (Å²) in [6.07, 6.45) is 0. The van der Waals surface area contributed by atoms with E-state index in [0.717, 1.165) is 6.07 Å². The molecule has 0 aliphatic carbocycles. The van der Waals surface area contributed by atoms with Gasteiger partial charge in [0.1, 0.15) is 10.7 Å². The first-order valence-electron chi connectivity index (χ1n) is 5.08. The second-order valence-corrected chi connectivity index (χ2v) is 5.49. The molecule has 1 aliphatic heterocycles. The normalized spacial score (nSPS) is 17.5. The first-order chi connectivity index (χ1) is 7.62. The van der Waals surface area contributed by atoms with Crippen LogP contribution >= 0.6 is 12.4 Å². The topological polar surface area (TPSA) is 49.4 Å². The number of piperazine rings is 1. The number of hydrogen-bond acceptors (Lipinski definition) is 3. The summed E-state index contributed by atoms with van der Waals surface area (Å²) in [6, 6.07) is 5.46. The van der Waals surface area contributed by atoms with Crippen molar-refractivity contribution in [2.75, 3.05) is 26.2 Å². The average molecular weight is 281 g/mol. The third kappa shape index (κ3) is 2.95. The van der Waals surface area contributed by atoms with Crippen LogP contribution in [-0.2, 0) is 10.0 Å². The van der Waals surface area contributed by atoms with Crippen LogP contribution in [0.25, 0.3) is 0 Å². The standard InChI is InChI=1S/C10H13FN2O2S.ClH/c11-9-3-1-2-4-10(9)16(14,15)13-7-5-12-6-8-13;/h1-4,12H,5-8H2;1H. The van der Waals surface area contributed by atoms with E-state index in [9.17, 15) is 12.8 Å². The molecule has 0 amide bonds. The summed E-state index contributed by atoms with van der Waals surface area (Å²) in [7, 11) is -3.67. The van der Waals surface area contributed by atoms with Crippen molar-refractivity contribution < 1.29 is 12.8 Å². The Morgan fingerprint density at radius 2 is 1.76 bits per heavy atom. The highest BCUT2D eigenvalue weighted by Crippen LogP contribution is 2.18. The van der Waals surface area contributed by atoms with E-state index in [1.165, 1.54) is 22.5 Å². The zero-order valence-corrected chi connectivity index (χ0v) is 10.7. The van der Waals surface area contributed by atoms with Crippen LogP contribution in [0.2, 0.25) is 0 Å². The molecule has 1 saturated heterocycles. The summed E-state index contributed by atoms with van der Waals surface area (Å²) in [4.78, 5) is -0.239. The maximum Gasteiger partial charge on any atom is 0.246 e. The molecule has 1 fully saturated rings.